The van der Waals surface area contributed by atoms with Crippen LogP contribution in [-0.4, -0.2) is 42.2 Å². The van der Waals surface area contributed by atoms with Crippen molar-refractivity contribution in [3.8, 4) is 0 Å². The molecule has 0 saturated heterocycles. The molecule has 4 nitrogen and oxygen atoms in total. The Hall–Kier alpha value is -0.360. The molecule has 0 fully saturated rings. The minimum Gasteiger partial charge on any atom is -0.468 e. The molecule has 0 saturated carbocycles. The molecule has 0 bridgehead atoms. The van der Waals surface area contributed by atoms with Crippen molar-refractivity contribution in [3.63, 3.8) is 0 Å². The maximum atomic E-state index is 11.2. The van der Waals surface area contributed by atoms with Gasteiger partial charge in [-0.05, 0) is 13.2 Å². The first-order valence-electron chi connectivity index (χ1n) is 4.50. The number of methoxy groups -OCH3 is 1. The molecule has 0 N–H and O–H groups in total. The molecule has 6 heteroatoms. The van der Waals surface area contributed by atoms with Gasteiger partial charge in [0.1, 0.15) is 0 Å². The van der Waals surface area contributed by atoms with E-state index in [1.54, 1.807) is 6.92 Å². The summed E-state index contributed by atoms with van der Waals surface area (Å²) in [5.74, 6) is -0.237. The number of hydrogen-bond donors (Lipinski definition) is 0. The lowest BCUT2D eigenvalue weighted by atomic mass is 10.5. The van der Waals surface area contributed by atoms with Gasteiger partial charge in [-0.2, -0.15) is 11.8 Å². The lowest BCUT2D eigenvalue weighted by Gasteiger charge is -2.12. The van der Waals surface area contributed by atoms with Crippen molar-refractivity contribution in [1.82, 2.24) is 0 Å². The molecule has 0 radical (unpaired) electrons. The van der Waals surface area contributed by atoms with Crippen LogP contribution in [0.2, 0.25) is 0 Å². The highest BCUT2D eigenvalue weighted by Crippen LogP contribution is 2.25. The van der Waals surface area contributed by atoms with Gasteiger partial charge in [0.2, 0.25) is 0 Å². The standard InChI is InChI=1S/C9H16O4S2/c1-4-13-7(10)5-9(14-3)15-6-8(11)12-2/h9H,4-6H2,1-3H3. The van der Waals surface area contributed by atoms with Crippen LogP contribution in [-0.2, 0) is 19.1 Å². The fourth-order valence-electron chi connectivity index (χ4n) is 0.786. The quantitative estimate of drug-likeness (QED) is 0.506. The van der Waals surface area contributed by atoms with E-state index in [0.717, 1.165) is 0 Å². The molecule has 88 valence electrons. The van der Waals surface area contributed by atoms with E-state index < -0.39 is 0 Å². The number of hydrogen-bond acceptors (Lipinski definition) is 6. The summed E-state index contributed by atoms with van der Waals surface area (Å²) in [6.45, 7) is 2.16. The average Bonchev–Trinajstić information content (AvgIpc) is 2.23. The molecular weight excluding hydrogens is 236 g/mol. The molecule has 0 aliphatic carbocycles. The van der Waals surface area contributed by atoms with Crippen LogP contribution in [0.1, 0.15) is 13.3 Å². The molecule has 0 rings (SSSR count). The summed E-state index contributed by atoms with van der Waals surface area (Å²) in [6.07, 6.45) is 2.21. The maximum Gasteiger partial charge on any atom is 0.315 e. The molecule has 0 spiro atoms. The second-order valence-corrected chi connectivity index (χ2v) is 5.09. The number of rotatable bonds is 7. The zero-order valence-corrected chi connectivity index (χ0v) is 10.8. The summed E-state index contributed by atoms with van der Waals surface area (Å²) < 4.78 is 9.38. The van der Waals surface area contributed by atoms with Gasteiger partial charge in [-0.3, -0.25) is 9.59 Å². The Morgan fingerprint density at radius 3 is 2.47 bits per heavy atom. The van der Waals surface area contributed by atoms with E-state index in [9.17, 15) is 9.59 Å². The van der Waals surface area contributed by atoms with Crippen LogP contribution in [0.15, 0.2) is 0 Å². The van der Waals surface area contributed by atoms with Crippen molar-refractivity contribution >= 4 is 35.5 Å². The third kappa shape index (κ3) is 7.56. The summed E-state index contributed by atoms with van der Waals surface area (Å²) in [6, 6.07) is 0. The molecule has 15 heavy (non-hydrogen) atoms. The molecule has 0 aromatic heterocycles. The van der Waals surface area contributed by atoms with Crippen LogP contribution in [0.3, 0.4) is 0 Å². The van der Waals surface area contributed by atoms with E-state index in [0.29, 0.717) is 13.0 Å². The summed E-state index contributed by atoms with van der Waals surface area (Å²) in [5.41, 5.74) is 0. The highest BCUT2D eigenvalue weighted by molar-refractivity contribution is 8.17. The van der Waals surface area contributed by atoms with Crippen molar-refractivity contribution < 1.29 is 19.1 Å². The molecule has 1 atom stereocenters. The number of esters is 2. The van der Waals surface area contributed by atoms with Gasteiger partial charge in [0.05, 0.1) is 30.5 Å². The van der Waals surface area contributed by atoms with Crippen molar-refractivity contribution in [2.75, 3.05) is 25.7 Å². The third-order valence-electron chi connectivity index (χ3n) is 1.52. The lowest BCUT2D eigenvalue weighted by molar-refractivity contribution is -0.142. The second-order valence-electron chi connectivity index (χ2n) is 2.56. The Labute approximate surface area is 98.5 Å². The highest BCUT2D eigenvalue weighted by atomic mass is 32.2. The van der Waals surface area contributed by atoms with Crippen molar-refractivity contribution in [2.24, 2.45) is 0 Å². The monoisotopic (exact) mass is 252 g/mol. The predicted molar refractivity (Wildman–Crippen MR) is 63.0 cm³/mol. The lowest BCUT2D eigenvalue weighted by Crippen LogP contribution is -2.13. The Balaban J connectivity index is 3.82. The molecule has 0 heterocycles. The summed E-state index contributed by atoms with van der Waals surface area (Å²) in [4.78, 5) is 22.0. The molecule has 0 aromatic carbocycles. The number of ether oxygens (including phenoxy) is 2. The van der Waals surface area contributed by atoms with Crippen LogP contribution >= 0.6 is 23.5 Å². The van der Waals surface area contributed by atoms with Crippen LogP contribution < -0.4 is 0 Å². The van der Waals surface area contributed by atoms with Gasteiger partial charge in [-0.15, -0.1) is 11.8 Å². The van der Waals surface area contributed by atoms with Gasteiger partial charge in [0.25, 0.3) is 0 Å². The minimum absolute atomic E-state index is 0.0446. The molecule has 0 aromatic rings. The molecule has 1 unspecified atom stereocenters. The first-order valence-corrected chi connectivity index (χ1v) is 6.84. The van der Waals surface area contributed by atoms with Crippen LogP contribution in [0.25, 0.3) is 0 Å². The zero-order chi connectivity index (χ0) is 11.7. The topological polar surface area (TPSA) is 52.6 Å². The van der Waals surface area contributed by atoms with Crippen LogP contribution in [0.4, 0.5) is 0 Å². The van der Waals surface area contributed by atoms with Crippen molar-refractivity contribution in [3.05, 3.63) is 0 Å². The smallest absolute Gasteiger partial charge is 0.315 e. The Morgan fingerprint density at radius 2 is 2.00 bits per heavy atom. The molecule has 0 aliphatic rings. The van der Waals surface area contributed by atoms with E-state index in [1.807, 2.05) is 6.26 Å². The fourth-order valence-corrected chi connectivity index (χ4v) is 2.53. The van der Waals surface area contributed by atoms with E-state index in [1.165, 1.54) is 30.6 Å². The third-order valence-corrected chi connectivity index (χ3v) is 4.14. The average molecular weight is 252 g/mol. The van der Waals surface area contributed by atoms with Gasteiger partial charge in [-0.25, -0.2) is 0 Å². The van der Waals surface area contributed by atoms with Crippen LogP contribution in [0, 0.1) is 0 Å². The van der Waals surface area contributed by atoms with Gasteiger partial charge in [0.15, 0.2) is 0 Å². The zero-order valence-electron chi connectivity index (χ0n) is 9.15. The largest absolute Gasteiger partial charge is 0.468 e. The second kappa shape index (κ2) is 8.91. The van der Waals surface area contributed by atoms with E-state index in [2.05, 4.69) is 4.74 Å². The van der Waals surface area contributed by atoms with Gasteiger partial charge in [0, 0.05) is 0 Å². The fraction of sp³-hybridized carbons (Fsp3) is 0.778. The van der Waals surface area contributed by atoms with Gasteiger partial charge < -0.3 is 9.47 Å². The Morgan fingerprint density at radius 1 is 1.33 bits per heavy atom. The van der Waals surface area contributed by atoms with Crippen molar-refractivity contribution in [1.29, 1.82) is 0 Å². The predicted octanol–water partition coefficient (Wildman–Crippen LogP) is 1.53. The summed E-state index contributed by atoms with van der Waals surface area (Å²) in [5, 5.41) is 0. The normalized spacial score (nSPS) is 11.9. The molecule has 0 aliphatic heterocycles. The SMILES string of the molecule is CCOC(=O)CC(SC)SCC(=O)OC. The maximum absolute atomic E-state index is 11.2. The van der Waals surface area contributed by atoms with Crippen LogP contribution in [0.5, 0.6) is 0 Å². The van der Waals surface area contributed by atoms with E-state index in [4.69, 9.17) is 4.74 Å². The summed E-state index contributed by atoms with van der Waals surface area (Å²) >= 11 is 2.93. The summed E-state index contributed by atoms with van der Waals surface area (Å²) in [7, 11) is 1.35. The van der Waals surface area contributed by atoms with Crippen molar-refractivity contribution in [2.45, 2.75) is 17.9 Å². The number of carbonyl (C=O) groups excluding carboxylic acids is 2. The van der Waals surface area contributed by atoms with E-state index in [-0.39, 0.29) is 22.3 Å². The van der Waals surface area contributed by atoms with E-state index >= 15 is 0 Å². The Bertz CT molecular complexity index is 208. The minimum atomic E-state index is -0.275. The first-order chi connectivity index (χ1) is 7.13. The van der Waals surface area contributed by atoms with Gasteiger partial charge in [-0.1, -0.05) is 0 Å². The van der Waals surface area contributed by atoms with Gasteiger partial charge >= 0.3 is 11.9 Å². The number of carbonyl (C=O) groups is 2. The molecular formula is C9H16O4S2. The highest BCUT2D eigenvalue weighted by Gasteiger charge is 2.15. The number of thioether (sulfide) groups is 2. The molecule has 0 amide bonds. The first kappa shape index (κ1) is 14.6. The Kier molecular flexibility index (Phi) is 8.70.